The van der Waals surface area contributed by atoms with Crippen molar-refractivity contribution in [3.8, 4) is 5.75 Å². The average Bonchev–Trinajstić information content (AvgIpc) is 2.50. The number of fused-ring (bicyclic) bond motifs is 1. The normalized spacial score (nSPS) is 13.2. The SMILES string of the molecule is CCc1cc2c(CN(CC)C(C)C(C)C)cc(=O)oc2cc1O. The highest BCUT2D eigenvalue weighted by molar-refractivity contribution is 5.82. The lowest BCUT2D eigenvalue weighted by atomic mass is 10.0. The first-order chi connectivity index (χ1) is 10.9. The molecule has 0 bridgehead atoms. The maximum Gasteiger partial charge on any atom is 0.336 e. The first kappa shape index (κ1) is 17.5. The van der Waals surface area contributed by atoms with E-state index >= 15 is 0 Å². The number of aromatic hydroxyl groups is 1. The molecule has 1 heterocycles. The van der Waals surface area contributed by atoms with E-state index in [1.165, 1.54) is 0 Å². The van der Waals surface area contributed by atoms with Crippen molar-refractivity contribution in [3.63, 3.8) is 0 Å². The van der Waals surface area contributed by atoms with Crippen molar-refractivity contribution < 1.29 is 9.52 Å². The zero-order chi connectivity index (χ0) is 17.1. The number of aryl methyl sites for hydroxylation is 1. The third-order valence-corrected chi connectivity index (χ3v) is 4.73. The lowest BCUT2D eigenvalue weighted by Gasteiger charge is -2.31. The molecule has 1 aromatic carbocycles. The van der Waals surface area contributed by atoms with Gasteiger partial charge < -0.3 is 9.52 Å². The fourth-order valence-corrected chi connectivity index (χ4v) is 2.91. The van der Waals surface area contributed by atoms with Gasteiger partial charge in [0, 0.05) is 30.1 Å². The summed E-state index contributed by atoms with van der Waals surface area (Å²) in [5.41, 5.74) is 1.91. The summed E-state index contributed by atoms with van der Waals surface area (Å²) < 4.78 is 5.27. The second kappa shape index (κ2) is 7.18. The van der Waals surface area contributed by atoms with Gasteiger partial charge in [0.25, 0.3) is 0 Å². The molecule has 1 aromatic heterocycles. The van der Waals surface area contributed by atoms with Gasteiger partial charge in [-0.15, -0.1) is 0 Å². The molecule has 0 aliphatic heterocycles. The molecule has 4 nitrogen and oxygen atoms in total. The van der Waals surface area contributed by atoms with E-state index in [1.807, 2.05) is 13.0 Å². The van der Waals surface area contributed by atoms with Crippen LogP contribution in [-0.2, 0) is 13.0 Å². The maximum atomic E-state index is 11.9. The fourth-order valence-electron chi connectivity index (χ4n) is 2.91. The molecular formula is C19H27NO3. The zero-order valence-electron chi connectivity index (χ0n) is 14.7. The Hall–Kier alpha value is -1.81. The number of rotatable bonds is 6. The third-order valence-electron chi connectivity index (χ3n) is 4.73. The summed E-state index contributed by atoms with van der Waals surface area (Å²) in [6.07, 6.45) is 0.736. The van der Waals surface area contributed by atoms with Gasteiger partial charge in [-0.2, -0.15) is 0 Å². The van der Waals surface area contributed by atoms with Crippen molar-refractivity contribution >= 4 is 11.0 Å². The van der Waals surface area contributed by atoms with E-state index in [4.69, 9.17) is 4.42 Å². The molecular weight excluding hydrogens is 290 g/mol. The molecule has 2 rings (SSSR count). The van der Waals surface area contributed by atoms with Crippen LogP contribution in [0, 0.1) is 5.92 Å². The van der Waals surface area contributed by atoms with E-state index in [9.17, 15) is 9.90 Å². The summed E-state index contributed by atoms with van der Waals surface area (Å²) >= 11 is 0. The van der Waals surface area contributed by atoms with Crippen molar-refractivity contribution in [3.05, 3.63) is 39.7 Å². The number of phenolic OH excluding ortho intramolecular Hbond substituents is 1. The summed E-state index contributed by atoms with van der Waals surface area (Å²) in [5, 5.41) is 10.9. The topological polar surface area (TPSA) is 53.7 Å². The maximum absolute atomic E-state index is 11.9. The van der Waals surface area contributed by atoms with E-state index in [2.05, 4.69) is 32.6 Å². The van der Waals surface area contributed by atoms with Crippen LogP contribution in [0.5, 0.6) is 5.75 Å². The number of nitrogens with zero attached hydrogens (tertiary/aromatic N) is 1. The van der Waals surface area contributed by atoms with Crippen LogP contribution in [0.25, 0.3) is 11.0 Å². The Morgan fingerprint density at radius 3 is 2.39 bits per heavy atom. The molecule has 1 unspecified atom stereocenters. The monoisotopic (exact) mass is 317 g/mol. The number of hydrogen-bond donors (Lipinski definition) is 1. The van der Waals surface area contributed by atoms with Crippen molar-refractivity contribution in [2.75, 3.05) is 6.54 Å². The minimum absolute atomic E-state index is 0.184. The molecule has 1 N–H and O–H groups in total. The van der Waals surface area contributed by atoms with E-state index in [0.717, 1.165) is 29.5 Å². The molecule has 4 heteroatoms. The van der Waals surface area contributed by atoms with Crippen LogP contribution in [0.15, 0.2) is 27.4 Å². The van der Waals surface area contributed by atoms with Gasteiger partial charge in [-0.3, -0.25) is 4.90 Å². The molecule has 0 fully saturated rings. The Morgan fingerprint density at radius 1 is 1.13 bits per heavy atom. The second-order valence-corrected chi connectivity index (χ2v) is 6.47. The average molecular weight is 317 g/mol. The second-order valence-electron chi connectivity index (χ2n) is 6.47. The van der Waals surface area contributed by atoms with Gasteiger partial charge >= 0.3 is 5.63 Å². The van der Waals surface area contributed by atoms with Crippen LogP contribution >= 0.6 is 0 Å². The molecule has 0 saturated carbocycles. The molecule has 0 saturated heterocycles. The molecule has 126 valence electrons. The highest BCUT2D eigenvalue weighted by Crippen LogP contribution is 2.28. The van der Waals surface area contributed by atoms with Gasteiger partial charge in [0.1, 0.15) is 11.3 Å². The van der Waals surface area contributed by atoms with E-state index < -0.39 is 0 Å². The first-order valence-corrected chi connectivity index (χ1v) is 8.40. The molecule has 0 spiro atoms. The summed E-state index contributed by atoms with van der Waals surface area (Å²) in [6.45, 7) is 12.4. The van der Waals surface area contributed by atoms with Gasteiger partial charge in [0.05, 0.1) is 0 Å². The van der Waals surface area contributed by atoms with Crippen LogP contribution in [0.4, 0.5) is 0 Å². The molecule has 0 aliphatic rings. The van der Waals surface area contributed by atoms with Crippen LogP contribution in [-0.4, -0.2) is 22.6 Å². The van der Waals surface area contributed by atoms with Gasteiger partial charge in [-0.25, -0.2) is 4.79 Å². The summed E-state index contributed by atoms with van der Waals surface area (Å²) in [6, 6.07) is 5.50. The van der Waals surface area contributed by atoms with Crippen molar-refractivity contribution in [2.45, 2.75) is 53.6 Å². The fraction of sp³-hybridized carbons (Fsp3) is 0.526. The van der Waals surface area contributed by atoms with Crippen molar-refractivity contribution in [1.29, 1.82) is 0 Å². The van der Waals surface area contributed by atoms with Crippen molar-refractivity contribution in [2.24, 2.45) is 5.92 Å². The molecule has 2 aromatic rings. The van der Waals surface area contributed by atoms with Gasteiger partial charge in [0.15, 0.2) is 0 Å². The Labute approximate surface area is 137 Å². The van der Waals surface area contributed by atoms with Gasteiger partial charge in [0.2, 0.25) is 0 Å². The lowest BCUT2D eigenvalue weighted by molar-refractivity contribution is 0.169. The zero-order valence-corrected chi connectivity index (χ0v) is 14.7. The van der Waals surface area contributed by atoms with Crippen molar-refractivity contribution in [1.82, 2.24) is 4.90 Å². The highest BCUT2D eigenvalue weighted by atomic mass is 16.4. The summed E-state index contributed by atoms with van der Waals surface area (Å²) in [7, 11) is 0. The molecule has 0 aliphatic carbocycles. The van der Waals surface area contributed by atoms with Crippen LogP contribution in [0.2, 0.25) is 0 Å². The smallest absolute Gasteiger partial charge is 0.336 e. The lowest BCUT2D eigenvalue weighted by Crippen LogP contribution is -2.36. The predicted octanol–water partition coefficient (Wildman–Crippen LogP) is 3.93. The number of hydrogen-bond acceptors (Lipinski definition) is 4. The van der Waals surface area contributed by atoms with E-state index in [1.54, 1.807) is 12.1 Å². The quantitative estimate of drug-likeness (QED) is 0.820. The minimum atomic E-state index is -0.371. The molecule has 1 atom stereocenters. The largest absolute Gasteiger partial charge is 0.508 e. The Morgan fingerprint density at radius 2 is 1.83 bits per heavy atom. The predicted molar refractivity (Wildman–Crippen MR) is 93.9 cm³/mol. The first-order valence-electron chi connectivity index (χ1n) is 8.40. The summed E-state index contributed by atoms with van der Waals surface area (Å²) in [5.74, 6) is 0.722. The standard InChI is InChI=1S/C19H27NO3/c1-6-14-8-16-15(11-20(7-2)13(5)12(3)4)9-19(22)23-18(16)10-17(14)21/h8-10,12-13,21H,6-7,11H2,1-5H3. The Balaban J connectivity index is 2.52. The number of benzene rings is 1. The highest BCUT2D eigenvalue weighted by Gasteiger charge is 2.18. The van der Waals surface area contributed by atoms with E-state index in [-0.39, 0.29) is 11.4 Å². The van der Waals surface area contributed by atoms with E-state index in [0.29, 0.717) is 24.1 Å². The third kappa shape index (κ3) is 3.75. The summed E-state index contributed by atoms with van der Waals surface area (Å²) in [4.78, 5) is 14.2. The number of phenols is 1. The minimum Gasteiger partial charge on any atom is -0.508 e. The van der Waals surface area contributed by atoms with Crippen LogP contribution in [0.3, 0.4) is 0 Å². The van der Waals surface area contributed by atoms with Gasteiger partial charge in [-0.05, 0) is 43.0 Å². The Kier molecular flexibility index (Phi) is 5.47. The molecule has 0 amide bonds. The molecule has 23 heavy (non-hydrogen) atoms. The van der Waals surface area contributed by atoms with Crippen LogP contribution in [0.1, 0.15) is 45.7 Å². The van der Waals surface area contributed by atoms with Crippen LogP contribution < -0.4 is 5.63 Å². The Bertz CT molecular complexity index is 733. The van der Waals surface area contributed by atoms with Gasteiger partial charge in [-0.1, -0.05) is 27.7 Å². The molecule has 0 radical (unpaired) electrons.